The smallest absolute Gasteiger partial charge is 0.0173 e. The minimum absolute atomic E-state index is 1.23. The van der Waals surface area contributed by atoms with Crippen LogP contribution in [0.25, 0.3) is 6.08 Å². The van der Waals surface area contributed by atoms with Crippen LogP contribution in [0.15, 0.2) is 36.5 Å². The molecule has 0 unspecified atom stereocenters. The maximum Gasteiger partial charge on any atom is 0.0173 e. The van der Waals surface area contributed by atoms with Crippen molar-refractivity contribution in [2.75, 3.05) is 13.1 Å². The number of likely N-dealkylation sites (tertiary alicyclic amines) is 1. The highest BCUT2D eigenvalue weighted by Gasteiger charge is 2.05. The Balaban J connectivity index is 1.97. The van der Waals surface area contributed by atoms with E-state index in [0.717, 1.165) is 0 Å². The molecule has 0 spiro atoms. The van der Waals surface area contributed by atoms with E-state index in [4.69, 9.17) is 0 Å². The summed E-state index contributed by atoms with van der Waals surface area (Å²) in [5, 5.41) is 0. The van der Waals surface area contributed by atoms with Gasteiger partial charge in [-0.2, -0.15) is 0 Å². The zero-order valence-corrected chi connectivity index (χ0v) is 7.82. The normalized spacial score (nSPS) is 17.1. The maximum atomic E-state index is 2.38. The molecule has 1 nitrogen and oxygen atoms in total. The SMILES string of the molecule is C(=C/N1CCCC1)/c1ccccc1. The first-order valence-corrected chi connectivity index (χ1v) is 4.92. The molecule has 0 bridgehead atoms. The largest absolute Gasteiger partial charge is 0.377 e. The van der Waals surface area contributed by atoms with Crippen molar-refractivity contribution in [2.45, 2.75) is 12.8 Å². The first kappa shape index (κ1) is 8.36. The summed E-state index contributed by atoms with van der Waals surface area (Å²) in [6.45, 7) is 2.45. The average molecular weight is 173 g/mol. The third-order valence-corrected chi connectivity index (χ3v) is 2.42. The number of hydrogen-bond donors (Lipinski definition) is 0. The van der Waals surface area contributed by atoms with Crippen molar-refractivity contribution < 1.29 is 0 Å². The number of benzene rings is 1. The Kier molecular flexibility index (Phi) is 2.65. The van der Waals surface area contributed by atoms with Crippen molar-refractivity contribution >= 4 is 6.08 Å². The molecule has 1 heteroatoms. The van der Waals surface area contributed by atoms with Gasteiger partial charge in [-0.3, -0.25) is 0 Å². The lowest BCUT2D eigenvalue weighted by Crippen LogP contribution is -2.09. The van der Waals surface area contributed by atoms with E-state index < -0.39 is 0 Å². The summed E-state index contributed by atoms with van der Waals surface area (Å²) in [5.74, 6) is 0. The van der Waals surface area contributed by atoms with Crippen LogP contribution in [0, 0.1) is 0 Å². The van der Waals surface area contributed by atoms with Crippen LogP contribution in [0.5, 0.6) is 0 Å². The van der Waals surface area contributed by atoms with E-state index in [1.807, 2.05) is 6.07 Å². The van der Waals surface area contributed by atoms with Crippen LogP contribution in [0.3, 0.4) is 0 Å². The Morgan fingerprint density at radius 1 is 1.00 bits per heavy atom. The Hall–Kier alpha value is -1.24. The number of hydrogen-bond acceptors (Lipinski definition) is 1. The van der Waals surface area contributed by atoms with Crippen LogP contribution in [0.4, 0.5) is 0 Å². The lowest BCUT2D eigenvalue weighted by atomic mass is 10.2. The molecule has 0 aliphatic carbocycles. The van der Waals surface area contributed by atoms with Gasteiger partial charge >= 0.3 is 0 Å². The summed E-state index contributed by atoms with van der Waals surface area (Å²) in [4.78, 5) is 2.38. The van der Waals surface area contributed by atoms with Crippen LogP contribution >= 0.6 is 0 Å². The number of nitrogens with zero attached hydrogens (tertiary/aromatic N) is 1. The van der Waals surface area contributed by atoms with Crippen molar-refractivity contribution in [3.63, 3.8) is 0 Å². The molecule has 13 heavy (non-hydrogen) atoms. The zero-order valence-electron chi connectivity index (χ0n) is 7.82. The third-order valence-electron chi connectivity index (χ3n) is 2.42. The standard InChI is InChI=1S/C12H15N/c1-2-6-12(7-3-1)8-11-13-9-4-5-10-13/h1-3,6-8,11H,4-5,9-10H2/b11-8-. The van der Waals surface area contributed by atoms with E-state index in [1.165, 1.54) is 31.5 Å². The van der Waals surface area contributed by atoms with Gasteiger partial charge in [0.15, 0.2) is 0 Å². The molecule has 0 N–H and O–H groups in total. The van der Waals surface area contributed by atoms with E-state index in [9.17, 15) is 0 Å². The summed E-state index contributed by atoms with van der Waals surface area (Å²) in [6, 6.07) is 10.5. The summed E-state index contributed by atoms with van der Waals surface area (Å²) >= 11 is 0. The molecule has 2 rings (SSSR count). The van der Waals surface area contributed by atoms with Gasteiger partial charge < -0.3 is 4.90 Å². The van der Waals surface area contributed by atoms with Gasteiger partial charge in [0.05, 0.1) is 0 Å². The van der Waals surface area contributed by atoms with Gasteiger partial charge in [0.1, 0.15) is 0 Å². The van der Waals surface area contributed by atoms with Crippen molar-refractivity contribution in [1.29, 1.82) is 0 Å². The third kappa shape index (κ3) is 2.35. The Morgan fingerprint density at radius 2 is 1.69 bits per heavy atom. The predicted octanol–water partition coefficient (Wildman–Crippen LogP) is 2.75. The van der Waals surface area contributed by atoms with E-state index in [1.54, 1.807) is 0 Å². The molecule has 1 fully saturated rings. The lowest BCUT2D eigenvalue weighted by Gasteiger charge is -2.09. The first-order chi connectivity index (χ1) is 6.45. The molecule has 1 saturated heterocycles. The van der Waals surface area contributed by atoms with Crippen LogP contribution in [-0.4, -0.2) is 18.0 Å². The van der Waals surface area contributed by atoms with Gasteiger partial charge in [0.2, 0.25) is 0 Å². The Bertz CT molecular complexity index is 270. The maximum absolute atomic E-state index is 2.38. The molecule has 0 radical (unpaired) electrons. The fraction of sp³-hybridized carbons (Fsp3) is 0.333. The highest BCUT2D eigenvalue weighted by molar-refractivity contribution is 5.48. The first-order valence-electron chi connectivity index (χ1n) is 4.92. The van der Waals surface area contributed by atoms with Crippen molar-refractivity contribution in [3.8, 4) is 0 Å². The monoisotopic (exact) mass is 173 g/mol. The van der Waals surface area contributed by atoms with Crippen LogP contribution < -0.4 is 0 Å². The lowest BCUT2D eigenvalue weighted by molar-refractivity contribution is 0.471. The second-order valence-electron chi connectivity index (χ2n) is 3.47. The molecule has 1 aliphatic rings. The zero-order chi connectivity index (χ0) is 8.93. The quantitative estimate of drug-likeness (QED) is 0.664. The second kappa shape index (κ2) is 4.13. The summed E-state index contributed by atoms with van der Waals surface area (Å²) < 4.78 is 0. The Labute approximate surface area is 79.7 Å². The summed E-state index contributed by atoms with van der Waals surface area (Å²) in [7, 11) is 0. The molecule has 0 amide bonds. The molecule has 0 atom stereocenters. The topological polar surface area (TPSA) is 3.24 Å². The summed E-state index contributed by atoms with van der Waals surface area (Å²) in [6.07, 6.45) is 7.09. The van der Waals surface area contributed by atoms with Crippen LogP contribution in [0.2, 0.25) is 0 Å². The minimum Gasteiger partial charge on any atom is -0.377 e. The molecular formula is C12H15N. The van der Waals surface area contributed by atoms with Gasteiger partial charge in [0.25, 0.3) is 0 Å². The van der Waals surface area contributed by atoms with Gasteiger partial charge in [-0.25, -0.2) is 0 Å². The highest BCUT2D eigenvalue weighted by Crippen LogP contribution is 2.09. The molecule has 0 saturated carbocycles. The summed E-state index contributed by atoms with van der Waals surface area (Å²) in [5.41, 5.74) is 1.29. The molecule has 1 aromatic carbocycles. The molecule has 0 aromatic heterocycles. The number of rotatable bonds is 2. The van der Waals surface area contributed by atoms with Crippen molar-refractivity contribution in [3.05, 3.63) is 42.1 Å². The van der Waals surface area contributed by atoms with E-state index >= 15 is 0 Å². The van der Waals surface area contributed by atoms with Crippen LogP contribution in [0.1, 0.15) is 18.4 Å². The van der Waals surface area contributed by atoms with Gasteiger partial charge in [-0.05, 0) is 30.7 Å². The van der Waals surface area contributed by atoms with Gasteiger partial charge in [-0.15, -0.1) is 0 Å². The molecular weight excluding hydrogens is 158 g/mol. The Morgan fingerprint density at radius 3 is 2.38 bits per heavy atom. The van der Waals surface area contributed by atoms with E-state index in [2.05, 4.69) is 41.4 Å². The van der Waals surface area contributed by atoms with E-state index in [-0.39, 0.29) is 0 Å². The van der Waals surface area contributed by atoms with Gasteiger partial charge in [0, 0.05) is 13.1 Å². The molecule has 68 valence electrons. The molecule has 1 aromatic rings. The fourth-order valence-electron chi connectivity index (χ4n) is 1.65. The second-order valence-corrected chi connectivity index (χ2v) is 3.47. The molecule has 1 aliphatic heterocycles. The highest BCUT2D eigenvalue weighted by atomic mass is 15.1. The minimum atomic E-state index is 1.23. The fourth-order valence-corrected chi connectivity index (χ4v) is 1.65. The van der Waals surface area contributed by atoms with E-state index in [0.29, 0.717) is 0 Å². The van der Waals surface area contributed by atoms with Gasteiger partial charge in [-0.1, -0.05) is 30.3 Å². The van der Waals surface area contributed by atoms with Crippen LogP contribution in [-0.2, 0) is 0 Å². The predicted molar refractivity (Wildman–Crippen MR) is 56.3 cm³/mol. The van der Waals surface area contributed by atoms with Crippen molar-refractivity contribution in [1.82, 2.24) is 4.90 Å². The molecule has 1 heterocycles. The van der Waals surface area contributed by atoms with Crippen molar-refractivity contribution in [2.24, 2.45) is 0 Å². The average Bonchev–Trinajstić information content (AvgIpc) is 2.69.